The normalized spacial score (nSPS) is 12.9. The molecule has 0 saturated heterocycles. The van der Waals surface area contributed by atoms with E-state index in [0.717, 1.165) is 18.7 Å². The predicted octanol–water partition coefficient (Wildman–Crippen LogP) is 2.84. The number of hydrogen-bond donors (Lipinski definition) is 1. The zero-order valence-corrected chi connectivity index (χ0v) is 12.3. The van der Waals surface area contributed by atoms with Crippen LogP contribution in [0.5, 0.6) is 0 Å². The van der Waals surface area contributed by atoms with Crippen LogP contribution in [0.25, 0.3) is 0 Å². The summed E-state index contributed by atoms with van der Waals surface area (Å²) in [6.07, 6.45) is 0. The molecule has 5 heteroatoms. The Morgan fingerprint density at radius 1 is 1.37 bits per heavy atom. The maximum atomic E-state index is 13.4. The van der Waals surface area contributed by atoms with Gasteiger partial charge in [0.2, 0.25) is 0 Å². The van der Waals surface area contributed by atoms with Crippen molar-refractivity contribution in [3.05, 3.63) is 34.6 Å². The number of nitrogens with zero attached hydrogens (tertiary/aromatic N) is 1. The van der Waals surface area contributed by atoms with Gasteiger partial charge in [0.25, 0.3) is 0 Å². The van der Waals surface area contributed by atoms with Gasteiger partial charge in [-0.2, -0.15) is 0 Å². The highest BCUT2D eigenvalue weighted by Crippen LogP contribution is 2.23. The van der Waals surface area contributed by atoms with Gasteiger partial charge in [0.15, 0.2) is 0 Å². The Hall–Kier alpha value is -0.680. The zero-order chi connectivity index (χ0) is 14.3. The van der Waals surface area contributed by atoms with Crippen LogP contribution in [0.2, 0.25) is 5.02 Å². The summed E-state index contributed by atoms with van der Waals surface area (Å²) in [5.41, 5.74) is 6.65. The Morgan fingerprint density at radius 2 is 2.11 bits per heavy atom. The molecule has 108 valence electrons. The van der Waals surface area contributed by atoms with E-state index >= 15 is 0 Å². The Morgan fingerprint density at radius 3 is 2.63 bits per heavy atom. The van der Waals surface area contributed by atoms with Crippen LogP contribution in [0.4, 0.5) is 4.39 Å². The van der Waals surface area contributed by atoms with E-state index in [9.17, 15) is 4.39 Å². The third kappa shape index (κ3) is 5.07. The molecule has 1 atom stereocenters. The summed E-state index contributed by atoms with van der Waals surface area (Å²) in [5.74, 6) is -0.332. The largest absolute Gasteiger partial charge is 0.380 e. The van der Waals surface area contributed by atoms with Crippen LogP contribution in [0.15, 0.2) is 18.2 Å². The van der Waals surface area contributed by atoms with Crippen LogP contribution in [-0.2, 0) is 4.74 Å². The van der Waals surface area contributed by atoms with Crippen LogP contribution < -0.4 is 5.73 Å². The fourth-order valence-corrected chi connectivity index (χ4v) is 2.35. The van der Waals surface area contributed by atoms with Crippen molar-refractivity contribution in [1.82, 2.24) is 4.90 Å². The Bertz CT molecular complexity index is 369. The van der Waals surface area contributed by atoms with Crippen molar-refractivity contribution in [2.45, 2.75) is 19.9 Å². The minimum atomic E-state index is -0.332. The number of nitrogens with two attached hydrogens (primary N) is 1. The van der Waals surface area contributed by atoms with Gasteiger partial charge in [-0.25, -0.2) is 4.39 Å². The van der Waals surface area contributed by atoms with Crippen LogP contribution in [0.1, 0.15) is 25.5 Å². The summed E-state index contributed by atoms with van der Waals surface area (Å²) in [5, 5.41) is 0.398. The van der Waals surface area contributed by atoms with Crippen LogP contribution >= 0.6 is 11.6 Å². The third-order valence-corrected chi connectivity index (χ3v) is 3.29. The molecule has 2 N–H and O–H groups in total. The molecule has 1 rings (SSSR count). The van der Waals surface area contributed by atoms with Gasteiger partial charge in [0, 0.05) is 30.8 Å². The topological polar surface area (TPSA) is 38.5 Å². The summed E-state index contributed by atoms with van der Waals surface area (Å²) < 4.78 is 18.8. The second-order valence-corrected chi connectivity index (χ2v) is 4.72. The van der Waals surface area contributed by atoms with Crippen LogP contribution in [0, 0.1) is 5.82 Å². The fourth-order valence-electron chi connectivity index (χ4n) is 2.12. The molecule has 19 heavy (non-hydrogen) atoms. The molecule has 0 heterocycles. The number of rotatable bonds is 8. The Labute approximate surface area is 119 Å². The lowest BCUT2D eigenvalue weighted by atomic mass is 10.1. The summed E-state index contributed by atoms with van der Waals surface area (Å²) in [6.45, 7) is 7.35. The molecule has 0 aliphatic heterocycles. The van der Waals surface area contributed by atoms with Gasteiger partial charge >= 0.3 is 0 Å². The van der Waals surface area contributed by atoms with Crippen LogP contribution in [-0.4, -0.2) is 37.7 Å². The van der Waals surface area contributed by atoms with E-state index in [0.29, 0.717) is 24.8 Å². The van der Waals surface area contributed by atoms with Gasteiger partial charge in [-0.1, -0.05) is 18.5 Å². The van der Waals surface area contributed by atoms with E-state index in [-0.39, 0.29) is 11.9 Å². The van der Waals surface area contributed by atoms with Gasteiger partial charge < -0.3 is 10.5 Å². The highest BCUT2D eigenvalue weighted by atomic mass is 35.5. The van der Waals surface area contributed by atoms with Crippen molar-refractivity contribution in [1.29, 1.82) is 0 Å². The fraction of sp³-hybridized carbons (Fsp3) is 0.571. The first-order valence-electron chi connectivity index (χ1n) is 6.60. The van der Waals surface area contributed by atoms with Crippen LogP contribution in [0.3, 0.4) is 0 Å². The maximum absolute atomic E-state index is 13.4. The second-order valence-electron chi connectivity index (χ2n) is 4.28. The van der Waals surface area contributed by atoms with E-state index in [1.165, 1.54) is 12.1 Å². The van der Waals surface area contributed by atoms with E-state index in [2.05, 4.69) is 11.8 Å². The lowest BCUT2D eigenvalue weighted by molar-refractivity contribution is 0.0980. The van der Waals surface area contributed by atoms with Gasteiger partial charge in [-0.05, 0) is 37.2 Å². The highest BCUT2D eigenvalue weighted by molar-refractivity contribution is 6.30. The number of hydrogen-bond acceptors (Lipinski definition) is 3. The molecule has 0 spiro atoms. The third-order valence-electron chi connectivity index (χ3n) is 3.07. The van der Waals surface area contributed by atoms with Crippen molar-refractivity contribution in [2.24, 2.45) is 5.73 Å². The minimum absolute atomic E-state index is 0.0429. The van der Waals surface area contributed by atoms with E-state index in [1.807, 2.05) is 6.92 Å². The summed E-state index contributed by atoms with van der Waals surface area (Å²) in [7, 11) is 0. The van der Waals surface area contributed by atoms with Crippen molar-refractivity contribution in [3.8, 4) is 0 Å². The highest BCUT2D eigenvalue weighted by Gasteiger charge is 2.18. The van der Waals surface area contributed by atoms with Crippen molar-refractivity contribution < 1.29 is 9.13 Å². The van der Waals surface area contributed by atoms with Crippen molar-refractivity contribution >= 4 is 11.6 Å². The summed E-state index contributed by atoms with van der Waals surface area (Å²) >= 11 is 5.90. The second kappa shape index (κ2) is 8.48. The van der Waals surface area contributed by atoms with Gasteiger partial charge in [-0.15, -0.1) is 0 Å². The van der Waals surface area contributed by atoms with Crippen molar-refractivity contribution in [2.75, 3.05) is 32.8 Å². The molecular formula is C14H22ClFN2O. The first-order valence-corrected chi connectivity index (χ1v) is 6.98. The van der Waals surface area contributed by atoms with E-state index in [1.54, 1.807) is 6.07 Å². The molecule has 0 bridgehead atoms. The van der Waals surface area contributed by atoms with E-state index < -0.39 is 0 Å². The number of likely N-dealkylation sites (N-methyl/N-ethyl adjacent to an activating group) is 1. The SMILES string of the molecule is CCOCCN(CC)C(CN)c1cc(F)cc(Cl)c1. The molecule has 0 aliphatic rings. The Balaban J connectivity index is 2.83. The molecule has 1 unspecified atom stereocenters. The Kier molecular flexibility index (Phi) is 7.31. The molecule has 0 aromatic heterocycles. The van der Waals surface area contributed by atoms with Gasteiger partial charge in [0.1, 0.15) is 5.82 Å². The number of halogens is 2. The molecule has 3 nitrogen and oxygen atoms in total. The lowest BCUT2D eigenvalue weighted by Gasteiger charge is -2.30. The first-order chi connectivity index (χ1) is 9.12. The quantitative estimate of drug-likeness (QED) is 0.748. The maximum Gasteiger partial charge on any atom is 0.125 e. The molecule has 0 aliphatic carbocycles. The zero-order valence-electron chi connectivity index (χ0n) is 11.5. The molecule has 0 radical (unpaired) electrons. The van der Waals surface area contributed by atoms with E-state index in [4.69, 9.17) is 22.1 Å². The number of benzene rings is 1. The molecular weight excluding hydrogens is 267 g/mol. The molecule has 0 amide bonds. The lowest BCUT2D eigenvalue weighted by Crippen LogP contribution is -2.36. The monoisotopic (exact) mass is 288 g/mol. The first kappa shape index (κ1) is 16.4. The summed E-state index contributed by atoms with van der Waals surface area (Å²) in [6, 6.07) is 4.52. The molecule has 1 aromatic carbocycles. The minimum Gasteiger partial charge on any atom is -0.380 e. The average Bonchev–Trinajstić information content (AvgIpc) is 2.36. The smallest absolute Gasteiger partial charge is 0.125 e. The summed E-state index contributed by atoms with van der Waals surface area (Å²) in [4.78, 5) is 2.17. The molecule has 1 aromatic rings. The van der Waals surface area contributed by atoms with Gasteiger partial charge in [0.05, 0.1) is 6.61 Å². The predicted molar refractivity (Wildman–Crippen MR) is 76.9 cm³/mol. The van der Waals surface area contributed by atoms with Crippen molar-refractivity contribution in [3.63, 3.8) is 0 Å². The molecule has 0 saturated carbocycles. The molecule has 0 fully saturated rings. The standard InChI is InChI=1S/C14H22ClFN2O/c1-3-18(5-6-19-4-2)14(10-17)11-7-12(15)9-13(16)8-11/h7-9,14H,3-6,10,17H2,1-2H3. The number of ether oxygens (including phenoxy) is 1. The van der Waals surface area contributed by atoms with Gasteiger partial charge in [-0.3, -0.25) is 4.90 Å². The average molecular weight is 289 g/mol.